The molecule has 0 atom stereocenters. The normalized spacial score (nSPS) is 11.1. The molecular formula is C25H24N4O2S2. The van der Waals surface area contributed by atoms with Gasteiger partial charge >= 0.3 is 0 Å². The third kappa shape index (κ3) is 5.07. The monoisotopic (exact) mass is 476 g/mol. The minimum atomic E-state index is -0.208. The first kappa shape index (κ1) is 22.9. The number of nitrogens with one attached hydrogen (secondary N) is 2. The molecule has 2 heterocycles. The summed E-state index contributed by atoms with van der Waals surface area (Å²) in [6.07, 6.45) is 1.57. The lowest BCUT2D eigenvalue weighted by Crippen LogP contribution is -2.17. The van der Waals surface area contributed by atoms with Crippen LogP contribution in [-0.2, 0) is 4.79 Å². The summed E-state index contributed by atoms with van der Waals surface area (Å²) in [4.78, 5) is 36.8. The van der Waals surface area contributed by atoms with Crippen molar-refractivity contribution in [3.63, 3.8) is 0 Å². The molecule has 0 radical (unpaired) electrons. The summed E-state index contributed by atoms with van der Waals surface area (Å²) >= 11 is 3.12. The SMILES string of the molecule is Cc1sc2ncnc(Sc3ccccc3C(=O)Nc3ccc(NC(=O)C(C)C)cc3)c2c1C. The van der Waals surface area contributed by atoms with Crippen molar-refractivity contribution in [2.45, 2.75) is 37.6 Å². The van der Waals surface area contributed by atoms with E-state index >= 15 is 0 Å². The van der Waals surface area contributed by atoms with E-state index in [1.54, 1.807) is 48.0 Å². The Morgan fingerprint density at radius 3 is 2.30 bits per heavy atom. The Hall–Kier alpha value is -3.23. The highest BCUT2D eigenvalue weighted by atomic mass is 32.2. The number of fused-ring (bicyclic) bond motifs is 1. The summed E-state index contributed by atoms with van der Waals surface area (Å²) in [5, 5.41) is 7.67. The van der Waals surface area contributed by atoms with Crippen LogP contribution in [-0.4, -0.2) is 21.8 Å². The van der Waals surface area contributed by atoms with Crippen LogP contribution < -0.4 is 10.6 Å². The summed E-state index contributed by atoms with van der Waals surface area (Å²) in [5.41, 5.74) is 3.08. The van der Waals surface area contributed by atoms with Gasteiger partial charge in [-0.1, -0.05) is 37.7 Å². The van der Waals surface area contributed by atoms with E-state index in [1.807, 2.05) is 32.0 Å². The Labute approximate surface area is 200 Å². The highest BCUT2D eigenvalue weighted by Crippen LogP contribution is 2.38. The number of hydrogen-bond donors (Lipinski definition) is 2. The van der Waals surface area contributed by atoms with Gasteiger partial charge in [0, 0.05) is 32.5 Å². The van der Waals surface area contributed by atoms with Crippen LogP contribution in [0.4, 0.5) is 11.4 Å². The molecule has 4 rings (SSSR count). The van der Waals surface area contributed by atoms with E-state index in [0.717, 1.165) is 20.1 Å². The minimum absolute atomic E-state index is 0.0485. The molecule has 2 aromatic carbocycles. The van der Waals surface area contributed by atoms with Crippen LogP contribution in [0.25, 0.3) is 10.2 Å². The van der Waals surface area contributed by atoms with E-state index < -0.39 is 0 Å². The molecule has 6 nitrogen and oxygen atoms in total. The Morgan fingerprint density at radius 2 is 1.61 bits per heavy atom. The van der Waals surface area contributed by atoms with Crippen molar-refractivity contribution in [3.8, 4) is 0 Å². The number of benzene rings is 2. The van der Waals surface area contributed by atoms with Crippen LogP contribution in [0, 0.1) is 19.8 Å². The molecule has 8 heteroatoms. The zero-order valence-electron chi connectivity index (χ0n) is 18.8. The Morgan fingerprint density at radius 1 is 0.939 bits per heavy atom. The summed E-state index contributed by atoms with van der Waals surface area (Å²) in [6, 6.07) is 14.6. The van der Waals surface area contributed by atoms with Gasteiger partial charge in [-0.25, -0.2) is 9.97 Å². The van der Waals surface area contributed by atoms with Crippen molar-refractivity contribution in [3.05, 3.63) is 70.9 Å². The molecule has 0 spiro atoms. The maximum absolute atomic E-state index is 13.1. The topological polar surface area (TPSA) is 84.0 Å². The number of amides is 2. The quantitative estimate of drug-likeness (QED) is 0.319. The number of aryl methyl sites for hydroxylation is 2. The van der Waals surface area contributed by atoms with Crippen LogP contribution in [0.1, 0.15) is 34.6 Å². The van der Waals surface area contributed by atoms with Gasteiger partial charge in [0.15, 0.2) is 0 Å². The maximum Gasteiger partial charge on any atom is 0.256 e. The smallest absolute Gasteiger partial charge is 0.256 e. The van der Waals surface area contributed by atoms with Gasteiger partial charge in [-0.15, -0.1) is 11.3 Å². The lowest BCUT2D eigenvalue weighted by Gasteiger charge is -2.11. The van der Waals surface area contributed by atoms with Crippen molar-refractivity contribution < 1.29 is 9.59 Å². The number of rotatable bonds is 6. The highest BCUT2D eigenvalue weighted by Gasteiger charge is 2.17. The van der Waals surface area contributed by atoms with E-state index in [0.29, 0.717) is 16.9 Å². The predicted molar refractivity (Wildman–Crippen MR) is 135 cm³/mol. The van der Waals surface area contributed by atoms with E-state index in [1.165, 1.54) is 22.2 Å². The molecule has 2 amide bonds. The average molecular weight is 477 g/mol. The number of carbonyl (C=O) groups excluding carboxylic acids is 2. The number of carbonyl (C=O) groups is 2. The fraction of sp³-hybridized carbons (Fsp3) is 0.200. The molecule has 0 bridgehead atoms. The van der Waals surface area contributed by atoms with Crippen molar-refractivity contribution >= 4 is 56.5 Å². The Balaban J connectivity index is 1.54. The fourth-order valence-electron chi connectivity index (χ4n) is 3.20. The molecule has 2 aromatic heterocycles. The number of aromatic nitrogens is 2. The summed E-state index contributed by atoms with van der Waals surface area (Å²) < 4.78 is 0. The molecular weight excluding hydrogens is 452 g/mol. The number of hydrogen-bond acceptors (Lipinski definition) is 6. The Kier molecular flexibility index (Phi) is 6.76. The number of anilines is 2. The highest BCUT2D eigenvalue weighted by molar-refractivity contribution is 7.99. The largest absolute Gasteiger partial charge is 0.326 e. The van der Waals surface area contributed by atoms with Gasteiger partial charge in [0.25, 0.3) is 5.91 Å². The van der Waals surface area contributed by atoms with Crippen LogP contribution in [0.5, 0.6) is 0 Å². The zero-order valence-corrected chi connectivity index (χ0v) is 20.4. The molecule has 33 heavy (non-hydrogen) atoms. The van der Waals surface area contributed by atoms with Crippen LogP contribution in [0.3, 0.4) is 0 Å². The first-order chi connectivity index (χ1) is 15.8. The van der Waals surface area contributed by atoms with Crippen molar-refractivity contribution in [2.24, 2.45) is 5.92 Å². The van der Waals surface area contributed by atoms with E-state index in [-0.39, 0.29) is 17.7 Å². The summed E-state index contributed by atoms with van der Waals surface area (Å²) in [5.74, 6) is -0.357. The van der Waals surface area contributed by atoms with Gasteiger partial charge in [-0.3, -0.25) is 9.59 Å². The molecule has 0 aliphatic heterocycles. The summed E-state index contributed by atoms with van der Waals surface area (Å²) in [7, 11) is 0. The lowest BCUT2D eigenvalue weighted by atomic mass is 10.2. The van der Waals surface area contributed by atoms with Gasteiger partial charge in [0.05, 0.1) is 5.56 Å². The van der Waals surface area contributed by atoms with E-state index in [9.17, 15) is 9.59 Å². The average Bonchev–Trinajstić information content (AvgIpc) is 3.09. The second kappa shape index (κ2) is 9.72. The molecule has 168 valence electrons. The predicted octanol–water partition coefficient (Wildman–Crippen LogP) is 6.31. The third-order valence-corrected chi connectivity index (χ3v) is 7.40. The van der Waals surface area contributed by atoms with Gasteiger partial charge in [-0.05, 0) is 55.8 Å². The standard InChI is InChI=1S/C25H24N4O2S2/c1-14(2)22(30)28-17-9-11-18(12-10-17)29-23(31)19-7-5-6-8-20(19)33-25-21-15(3)16(4)32-24(21)26-13-27-25/h5-14H,1-4H3,(H,28,30)(H,29,31). The molecule has 2 N–H and O–H groups in total. The van der Waals surface area contributed by atoms with Crippen LogP contribution >= 0.6 is 23.1 Å². The first-order valence-corrected chi connectivity index (χ1v) is 12.2. The third-order valence-electron chi connectivity index (χ3n) is 5.20. The van der Waals surface area contributed by atoms with Crippen LogP contribution in [0.2, 0.25) is 0 Å². The van der Waals surface area contributed by atoms with Gasteiger partial charge in [0.1, 0.15) is 16.2 Å². The molecule has 0 aliphatic carbocycles. The zero-order chi connectivity index (χ0) is 23.5. The van der Waals surface area contributed by atoms with Crippen molar-refractivity contribution in [2.75, 3.05) is 10.6 Å². The van der Waals surface area contributed by atoms with Crippen LogP contribution in [0.15, 0.2) is 64.8 Å². The van der Waals surface area contributed by atoms with Gasteiger partial charge in [-0.2, -0.15) is 0 Å². The molecule has 0 saturated carbocycles. The fourth-order valence-corrected chi connectivity index (χ4v) is 5.34. The van der Waals surface area contributed by atoms with Crippen molar-refractivity contribution in [1.82, 2.24) is 9.97 Å². The first-order valence-electron chi connectivity index (χ1n) is 10.5. The second-order valence-corrected chi connectivity index (χ2v) is 10.1. The van der Waals surface area contributed by atoms with E-state index in [2.05, 4.69) is 34.4 Å². The second-order valence-electron chi connectivity index (χ2n) is 7.92. The van der Waals surface area contributed by atoms with Gasteiger partial charge < -0.3 is 10.6 Å². The molecule has 4 aromatic rings. The maximum atomic E-state index is 13.1. The molecule has 0 unspecified atom stereocenters. The number of thiophene rings is 1. The van der Waals surface area contributed by atoms with Crippen molar-refractivity contribution in [1.29, 1.82) is 0 Å². The molecule has 0 aliphatic rings. The van der Waals surface area contributed by atoms with Gasteiger partial charge in [0.2, 0.25) is 5.91 Å². The minimum Gasteiger partial charge on any atom is -0.326 e. The summed E-state index contributed by atoms with van der Waals surface area (Å²) in [6.45, 7) is 7.84. The number of nitrogens with zero attached hydrogens (tertiary/aromatic N) is 2. The lowest BCUT2D eigenvalue weighted by molar-refractivity contribution is -0.118. The molecule has 0 saturated heterocycles. The van der Waals surface area contributed by atoms with E-state index in [4.69, 9.17) is 0 Å². The molecule has 0 fully saturated rings. The Bertz CT molecular complexity index is 1330.